The van der Waals surface area contributed by atoms with Gasteiger partial charge in [0, 0.05) is 16.3 Å². The van der Waals surface area contributed by atoms with E-state index in [2.05, 4.69) is 0 Å². The highest BCUT2D eigenvalue weighted by molar-refractivity contribution is 6.51. The number of furan rings is 1. The molecule has 1 saturated heterocycles. The Labute approximate surface area is 177 Å². The van der Waals surface area contributed by atoms with Crippen LogP contribution in [0.25, 0.3) is 5.76 Å². The maximum atomic E-state index is 13.0. The highest BCUT2D eigenvalue weighted by Crippen LogP contribution is 2.42. The van der Waals surface area contributed by atoms with Gasteiger partial charge in [0.25, 0.3) is 11.7 Å². The number of carbonyl (C=O) groups is 2. The van der Waals surface area contributed by atoms with Gasteiger partial charge in [-0.25, -0.2) is 0 Å². The molecule has 0 spiro atoms. The SMILES string of the molecule is CCOc1ccc(N2C(=O)C(=O)/C(=C(\O)c3ccc(Cl)cc3)C2c2ccco2)cc1. The van der Waals surface area contributed by atoms with E-state index in [-0.39, 0.29) is 11.3 Å². The van der Waals surface area contributed by atoms with Crippen molar-refractivity contribution in [2.45, 2.75) is 13.0 Å². The predicted octanol–water partition coefficient (Wildman–Crippen LogP) is 4.96. The molecule has 1 aliphatic rings. The number of benzene rings is 2. The Morgan fingerprint density at radius 3 is 2.40 bits per heavy atom. The van der Waals surface area contributed by atoms with E-state index in [0.717, 1.165) is 0 Å². The van der Waals surface area contributed by atoms with Crippen molar-refractivity contribution in [2.75, 3.05) is 11.5 Å². The fourth-order valence-electron chi connectivity index (χ4n) is 3.45. The molecule has 0 aliphatic carbocycles. The van der Waals surface area contributed by atoms with Crippen molar-refractivity contribution in [1.29, 1.82) is 0 Å². The molecule has 2 aromatic carbocycles. The third kappa shape index (κ3) is 3.46. The van der Waals surface area contributed by atoms with Crippen LogP contribution in [0.5, 0.6) is 5.75 Å². The number of hydrogen-bond acceptors (Lipinski definition) is 5. The Kier molecular flexibility index (Phi) is 5.33. The van der Waals surface area contributed by atoms with Crippen LogP contribution >= 0.6 is 11.6 Å². The molecule has 30 heavy (non-hydrogen) atoms. The summed E-state index contributed by atoms with van der Waals surface area (Å²) in [5.41, 5.74) is 0.809. The molecule has 1 amide bonds. The molecule has 0 saturated carbocycles. The average molecular weight is 424 g/mol. The highest BCUT2D eigenvalue weighted by Gasteiger charge is 2.48. The van der Waals surface area contributed by atoms with Gasteiger partial charge in [0.1, 0.15) is 23.3 Å². The lowest BCUT2D eigenvalue weighted by Crippen LogP contribution is -2.29. The summed E-state index contributed by atoms with van der Waals surface area (Å²) in [5, 5.41) is 11.4. The Balaban J connectivity index is 1.85. The van der Waals surface area contributed by atoms with Crippen LogP contribution in [0.2, 0.25) is 5.02 Å². The molecule has 6 nitrogen and oxygen atoms in total. The van der Waals surface area contributed by atoms with Crippen LogP contribution in [0.3, 0.4) is 0 Å². The second-order valence-corrected chi connectivity index (χ2v) is 7.05. The van der Waals surface area contributed by atoms with Gasteiger partial charge in [-0.05, 0) is 67.6 Å². The van der Waals surface area contributed by atoms with Crippen molar-refractivity contribution in [3.8, 4) is 5.75 Å². The lowest BCUT2D eigenvalue weighted by atomic mass is 9.99. The summed E-state index contributed by atoms with van der Waals surface area (Å²) < 4.78 is 11.0. The largest absolute Gasteiger partial charge is 0.507 e. The van der Waals surface area contributed by atoms with E-state index in [1.54, 1.807) is 60.7 Å². The minimum absolute atomic E-state index is 0.0499. The van der Waals surface area contributed by atoms with Crippen LogP contribution in [-0.2, 0) is 9.59 Å². The van der Waals surface area contributed by atoms with Gasteiger partial charge in [-0.3, -0.25) is 14.5 Å². The van der Waals surface area contributed by atoms with Crippen molar-refractivity contribution in [3.05, 3.63) is 88.8 Å². The van der Waals surface area contributed by atoms with Gasteiger partial charge in [-0.2, -0.15) is 0 Å². The molecule has 1 N–H and O–H groups in total. The number of anilines is 1. The standard InChI is InChI=1S/C23H18ClNO5/c1-2-29-17-11-9-16(10-12-17)25-20(18-4-3-13-30-18)19(22(27)23(25)28)21(26)14-5-7-15(24)8-6-14/h3-13,20,26H,2H2,1H3/b21-19-. The summed E-state index contributed by atoms with van der Waals surface area (Å²) in [6.45, 7) is 2.39. The summed E-state index contributed by atoms with van der Waals surface area (Å²) >= 11 is 5.92. The van der Waals surface area contributed by atoms with Crippen molar-refractivity contribution >= 4 is 34.7 Å². The van der Waals surface area contributed by atoms with Gasteiger partial charge in [0.2, 0.25) is 0 Å². The molecule has 1 unspecified atom stereocenters. The Hall–Kier alpha value is -3.51. The fraction of sp³-hybridized carbons (Fsp3) is 0.130. The number of aliphatic hydroxyl groups excluding tert-OH is 1. The average Bonchev–Trinajstić information content (AvgIpc) is 3.36. The van der Waals surface area contributed by atoms with Crippen molar-refractivity contribution in [1.82, 2.24) is 0 Å². The zero-order valence-electron chi connectivity index (χ0n) is 16.0. The minimum atomic E-state index is -0.909. The summed E-state index contributed by atoms with van der Waals surface area (Å²) in [4.78, 5) is 27.2. The van der Waals surface area contributed by atoms with E-state index in [9.17, 15) is 14.7 Å². The first-order valence-corrected chi connectivity index (χ1v) is 9.72. The van der Waals surface area contributed by atoms with Gasteiger partial charge in [-0.1, -0.05) is 11.6 Å². The zero-order valence-corrected chi connectivity index (χ0v) is 16.8. The van der Waals surface area contributed by atoms with Gasteiger partial charge in [-0.15, -0.1) is 0 Å². The molecule has 1 aromatic heterocycles. The summed E-state index contributed by atoms with van der Waals surface area (Å²) in [6.07, 6.45) is 1.45. The molecule has 1 atom stereocenters. The lowest BCUT2D eigenvalue weighted by Gasteiger charge is -2.23. The summed E-state index contributed by atoms with van der Waals surface area (Å²) in [7, 11) is 0. The summed E-state index contributed by atoms with van der Waals surface area (Å²) in [5.74, 6) is -0.833. The molecule has 4 rings (SSSR count). The number of aliphatic hydroxyl groups is 1. The van der Waals surface area contributed by atoms with E-state index in [0.29, 0.717) is 34.4 Å². The predicted molar refractivity (Wildman–Crippen MR) is 113 cm³/mol. The van der Waals surface area contributed by atoms with Gasteiger partial charge in [0.05, 0.1) is 18.4 Å². The number of carbonyl (C=O) groups excluding carboxylic acids is 2. The zero-order chi connectivity index (χ0) is 21.3. The number of halogens is 1. The second-order valence-electron chi connectivity index (χ2n) is 6.62. The topological polar surface area (TPSA) is 80.0 Å². The lowest BCUT2D eigenvalue weighted by molar-refractivity contribution is -0.132. The van der Waals surface area contributed by atoms with Gasteiger partial charge in [0.15, 0.2) is 0 Å². The molecule has 7 heteroatoms. The van der Waals surface area contributed by atoms with Crippen molar-refractivity contribution < 1.29 is 23.8 Å². The van der Waals surface area contributed by atoms with E-state index >= 15 is 0 Å². The molecule has 2 heterocycles. The first kappa shape index (κ1) is 19.8. The van der Waals surface area contributed by atoms with Gasteiger partial charge >= 0.3 is 0 Å². The van der Waals surface area contributed by atoms with E-state index in [1.807, 2.05) is 6.92 Å². The molecule has 0 radical (unpaired) electrons. The number of ketones is 1. The third-order valence-corrected chi connectivity index (χ3v) is 5.05. The van der Waals surface area contributed by atoms with Crippen LogP contribution in [0.1, 0.15) is 24.3 Å². The summed E-state index contributed by atoms with van der Waals surface area (Å²) in [6, 6.07) is 15.6. The maximum absolute atomic E-state index is 13.0. The molecule has 152 valence electrons. The minimum Gasteiger partial charge on any atom is -0.507 e. The second kappa shape index (κ2) is 8.08. The molecule has 1 aliphatic heterocycles. The first-order valence-electron chi connectivity index (χ1n) is 9.34. The van der Waals surface area contributed by atoms with Crippen LogP contribution in [-0.4, -0.2) is 23.4 Å². The fourth-order valence-corrected chi connectivity index (χ4v) is 3.57. The van der Waals surface area contributed by atoms with Crippen LogP contribution < -0.4 is 9.64 Å². The Morgan fingerprint density at radius 1 is 1.10 bits per heavy atom. The normalized spacial score (nSPS) is 18.1. The van der Waals surface area contributed by atoms with E-state index < -0.39 is 17.7 Å². The molecule has 3 aromatic rings. The Bertz CT molecular complexity index is 1100. The quantitative estimate of drug-likeness (QED) is 0.356. The van der Waals surface area contributed by atoms with Crippen LogP contribution in [0.4, 0.5) is 5.69 Å². The number of nitrogens with zero attached hydrogens (tertiary/aromatic N) is 1. The molecular formula is C23H18ClNO5. The smallest absolute Gasteiger partial charge is 0.300 e. The number of rotatable bonds is 5. The van der Waals surface area contributed by atoms with Crippen LogP contribution in [0, 0.1) is 0 Å². The van der Waals surface area contributed by atoms with Crippen LogP contribution in [0.15, 0.2) is 76.9 Å². The first-order chi connectivity index (χ1) is 14.5. The van der Waals surface area contributed by atoms with E-state index in [1.165, 1.54) is 11.2 Å². The molecule has 1 fully saturated rings. The van der Waals surface area contributed by atoms with Crippen molar-refractivity contribution in [3.63, 3.8) is 0 Å². The van der Waals surface area contributed by atoms with Gasteiger partial charge < -0.3 is 14.3 Å². The monoisotopic (exact) mass is 423 g/mol. The molecule has 0 bridgehead atoms. The maximum Gasteiger partial charge on any atom is 0.300 e. The number of Topliss-reactive ketones (excluding diaryl/α,β-unsaturated/α-hetero) is 1. The Morgan fingerprint density at radius 2 is 1.80 bits per heavy atom. The number of hydrogen-bond donors (Lipinski definition) is 1. The van der Waals surface area contributed by atoms with E-state index in [4.69, 9.17) is 20.8 Å². The number of amides is 1. The third-order valence-electron chi connectivity index (χ3n) is 4.80. The number of ether oxygens (including phenoxy) is 1. The van der Waals surface area contributed by atoms with Crippen molar-refractivity contribution in [2.24, 2.45) is 0 Å². The molecular weight excluding hydrogens is 406 g/mol. The highest BCUT2D eigenvalue weighted by atomic mass is 35.5.